The number of aliphatic hydroxyl groups is 2. The summed E-state index contributed by atoms with van der Waals surface area (Å²) in [6, 6.07) is 4.17. The maximum absolute atomic E-state index is 12.9. The van der Waals surface area contributed by atoms with Crippen molar-refractivity contribution in [3.63, 3.8) is 0 Å². The topological polar surface area (TPSA) is 40.5 Å². The number of hydrogen-bond donors (Lipinski definition) is 2. The van der Waals surface area contributed by atoms with Crippen LogP contribution in [0.2, 0.25) is 0 Å². The molecular formula is C11H11FO2. The molecule has 1 aromatic carbocycles. The Balaban J connectivity index is 2.88. The zero-order valence-corrected chi connectivity index (χ0v) is 7.63. The molecule has 0 unspecified atom stereocenters. The first-order chi connectivity index (χ1) is 6.76. The van der Waals surface area contributed by atoms with Crippen molar-refractivity contribution in [2.45, 2.75) is 13.0 Å². The molecule has 0 aliphatic carbocycles. The van der Waals surface area contributed by atoms with Crippen LogP contribution in [-0.2, 0) is 6.61 Å². The van der Waals surface area contributed by atoms with E-state index in [9.17, 15) is 4.39 Å². The van der Waals surface area contributed by atoms with Crippen LogP contribution in [-0.4, -0.2) is 16.8 Å². The molecule has 0 amide bonds. The first kappa shape index (κ1) is 10.7. The second-order valence-corrected chi connectivity index (χ2v) is 2.78. The van der Waals surface area contributed by atoms with Crippen LogP contribution in [0.4, 0.5) is 4.39 Å². The van der Waals surface area contributed by atoms with Gasteiger partial charge in [0, 0.05) is 12.0 Å². The minimum Gasteiger partial charge on any atom is -0.395 e. The average molecular weight is 194 g/mol. The summed E-state index contributed by atoms with van der Waals surface area (Å²) >= 11 is 0. The molecule has 0 spiro atoms. The van der Waals surface area contributed by atoms with Crippen LogP contribution in [0.1, 0.15) is 17.5 Å². The van der Waals surface area contributed by atoms with E-state index in [4.69, 9.17) is 10.2 Å². The number of rotatable bonds is 2. The fourth-order valence-electron chi connectivity index (χ4n) is 1.03. The van der Waals surface area contributed by atoms with E-state index in [0.29, 0.717) is 17.5 Å². The summed E-state index contributed by atoms with van der Waals surface area (Å²) in [7, 11) is 0. The fraction of sp³-hybridized carbons (Fsp3) is 0.273. The van der Waals surface area contributed by atoms with Crippen molar-refractivity contribution in [2.24, 2.45) is 0 Å². The Morgan fingerprint density at radius 3 is 2.64 bits per heavy atom. The lowest BCUT2D eigenvalue weighted by Crippen LogP contribution is -1.88. The van der Waals surface area contributed by atoms with Gasteiger partial charge in [0.1, 0.15) is 5.82 Å². The van der Waals surface area contributed by atoms with E-state index in [0.717, 1.165) is 0 Å². The molecule has 0 aliphatic rings. The Labute approximate surface area is 82.0 Å². The maximum atomic E-state index is 12.9. The highest BCUT2D eigenvalue weighted by molar-refractivity contribution is 5.37. The third-order valence-corrected chi connectivity index (χ3v) is 1.61. The average Bonchev–Trinajstić information content (AvgIpc) is 2.17. The molecule has 1 aromatic rings. The molecular weight excluding hydrogens is 183 g/mol. The normalized spacial score (nSPS) is 9.36. The molecule has 74 valence electrons. The Kier molecular flexibility index (Phi) is 4.11. The van der Waals surface area contributed by atoms with E-state index < -0.39 is 5.82 Å². The molecule has 0 aliphatic heterocycles. The Morgan fingerprint density at radius 1 is 1.21 bits per heavy atom. The third kappa shape index (κ3) is 3.17. The number of hydrogen-bond acceptors (Lipinski definition) is 2. The SMILES string of the molecule is OCCC#Cc1cc(F)cc(CO)c1. The van der Waals surface area contributed by atoms with Gasteiger partial charge in [-0.1, -0.05) is 11.8 Å². The van der Waals surface area contributed by atoms with Crippen molar-refractivity contribution in [1.29, 1.82) is 0 Å². The van der Waals surface area contributed by atoms with Crippen molar-refractivity contribution in [1.82, 2.24) is 0 Å². The molecule has 0 saturated carbocycles. The van der Waals surface area contributed by atoms with Crippen LogP contribution in [0.25, 0.3) is 0 Å². The molecule has 2 N–H and O–H groups in total. The molecule has 0 bridgehead atoms. The number of aliphatic hydroxyl groups excluding tert-OH is 2. The smallest absolute Gasteiger partial charge is 0.124 e. The maximum Gasteiger partial charge on any atom is 0.124 e. The standard InChI is InChI=1S/C11H11FO2/c12-11-6-9(3-1-2-4-13)5-10(7-11)8-14/h5-7,13-14H,2,4,8H2. The third-order valence-electron chi connectivity index (χ3n) is 1.61. The number of halogens is 1. The van der Waals surface area contributed by atoms with E-state index in [1.165, 1.54) is 12.1 Å². The highest BCUT2D eigenvalue weighted by Crippen LogP contribution is 2.08. The van der Waals surface area contributed by atoms with Gasteiger partial charge in [0.2, 0.25) is 0 Å². The lowest BCUT2D eigenvalue weighted by molar-refractivity contribution is 0.281. The lowest BCUT2D eigenvalue weighted by Gasteiger charge is -1.97. The summed E-state index contributed by atoms with van der Waals surface area (Å²) in [6.07, 6.45) is 0.366. The summed E-state index contributed by atoms with van der Waals surface area (Å²) in [5.41, 5.74) is 1.01. The van der Waals surface area contributed by atoms with E-state index in [2.05, 4.69) is 11.8 Å². The van der Waals surface area contributed by atoms with Crippen molar-refractivity contribution in [3.05, 3.63) is 35.1 Å². The van der Waals surface area contributed by atoms with Gasteiger partial charge in [0.15, 0.2) is 0 Å². The van der Waals surface area contributed by atoms with Crippen LogP contribution >= 0.6 is 0 Å². The molecule has 0 radical (unpaired) electrons. The summed E-state index contributed by atoms with van der Waals surface area (Å²) in [6.45, 7) is -0.207. The van der Waals surface area contributed by atoms with Gasteiger partial charge in [-0.3, -0.25) is 0 Å². The molecule has 0 saturated heterocycles. The Hall–Kier alpha value is -1.37. The van der Waals surface area contributed by atoms with Gasteiger partial charge in [-0.05, 0) is 23.8 Å². The molecule has 3 heteroatoms. The van der Waals surface area contributed by atoms with Crippen LogP contribution in [0, 0.1) is 17.7 Å². The lowest BCUT2D eigenvalue weighted by atomic mass is 10.1. The van der Waals surface area contributed by atoms with Crippen LogP contribution in [0.5, 0.6) is 0 Å². The van der Waals surface area contributed by atoms with Crippen LogP contribution < -0.4 is 0 Å². The van der Waals surface area contributed by atoms with Gasteiger partial charge >= 0.3 is 0 Å². The second-order valence-electron chi connectivity index (χ2n) is 2.78. The molecule has 0 fully saturated rings. The van der Waals surface area contributed by atoms with Gasteiger partial charge in [-0.25, -0.2) is 4.39 Å². The highest BCUT2D eigenvalue weighted by atomic mass is 19.1. The molecule has 0 heterocycles. The summed E-state index contributed by atoms with van der Waals surface area (Å²) in [4.78, 5) is 0. The largest absolute Gasteiger partial charge is 0.395 e. The minimum atomic E-state index is -0.412. The van der Waals surface area contributed by atoms with Crippen molar-refractivity contribution >= 4 is 0 Å². The first-order valence-electron chi connectivity index (χ1n) is 4.26. The van der Waals surface area contributed by atoms with Crippen molar-refractivity contribution < 1.29 is 14.6 Å². The van der Waals surface area contributed by atoms with E-state index >= 15 is 0 Å². The zero-order chi connectivity index (χ0) is 10.4. The first-order valence-corrected chi connectivity index (χ1v) is 4.26. The second kappa shape index (κ2) is 5.38. The van der Waals surface area contributed by atoms with Gasteiger partial charge < -0.3 is 10.2 Å². The molecule has 0 atom stereocenters. The molecule has 1 rings (SSSR count). The Bertz CT molecular complexity index is 363. The highest BCUT2D eigenvalue weighted by Gasteiger charge is 1.97. The zero-order valence-electron chi connectivity index (χ0n) is 7.63. The van der Waals surface area contributed by atoms with Gasteiger partial charge in [0.25, 0.3) is 0 Å². The predicted molar refractivity (Wildman–Crippen MR) is 50.9 cm³/mol. The van der Waals surface area contributed by atoms with Gasteiger partial charge in [-0.2, -0.15) is 0 Å². The summed E-state index contributed by atoms with van der Waals surface area (Å²) in [5, 5.41) is 17.3. The fourth-order valence-corrected chi connectivity index (χ4v) is 1.03. The van der Waals surface area contributed by atoms with Crippen molar-refractivity contribution in [2.75, 3.05) is 6.61 Å². The predicted octanol–water partition coefficient (Wildman–Crippen LogP) is 1.05. The van der Waals surface area contributed by atoms with Gasteiger partial charge in [-0.15, -0.1) is 0 Å². The van der Waals surface area contributed by atoms with Crippen LogP contribution in [0.3, 0.4) is 0 Å². The summed E-state index contributed by atoms with van der Waals surface area (Å²) < 4.78 is 12.9. The Morgan fingerprint density at radius 2 is 2.00 bits per heavy atom. The minimum absolute atomic E-state index is 0.00479. The van der Waals surface area contributed by atoms with E-state index in [-0.39, 0.29) is 13.2 Å². The molecule has 2 nitrogen and oxygen atoms in total. The van der Waals surface area contributed by atoms with Crippen molar-refractivity contribution in [3.8, 4) is 11.8 Å². The molecule has 0 aromatic heterocycles. The van der Waals surface area contributed by atoms with E-state index in [1.54, 1.807) is 6.07 Å². The molecule has 14 heavy (non-hydrogen) atoms. The quantitative estimate of drug-likeness (QED) is 0.691. The van der Waals surface area contributed by atoms with E-state index in [1.807, 2.05) is 0 Å². The summed E-state index contributed by atoms with van der Waals surface area (Å²) in [5.74, 6) is 4.97. The van der Waals surface area contributed by atoms with Crippen LogP contribution in [0.15, 0.2) is 18.2 Å². The monoisotopic (exact) mass is 194 g/mol. The van der Waals surface area contributed by atoms with Gasteiger partial charge in [0.05, 0.1) is 13.2 Å². The number of benzene rings is 1.